The third-order valence-electron chi connectivity index (χ3n) is 11.5. The molecule has 0 aliphatic rings. The van der Waals surface area contributed by atoms with Gasteiger partial charge in [-0.2, -0.15) is 0 Å². The maximum Gasteiger partial charge on any atom is 0.306 e. The molecule has 0 saturated carbocycles. The zero-order chi connectivity index (χ0) is 45.6. The molecule has 0 fully saturated rings. The number of aliphatic carboxylic acids is 1. The van der Waals surface area contributed by atoms with Crippen molar-refractivity contribution in [1.29, 1.82) is 0 Å². The first-order valence-corrected chi connectivity index (χ1v) is 25.7. The van der Waals surface area contributed by atoms with Gasteiger partial charge in [-0.05, 0) is 51.4 Å². The number of carboxylic acids is 1. The van der Waals surface area contributed by atoms with Crippen LogP contribution in [0.4, 0.5) is 0 Å². The molecule has 0 aromatic heterocycles. The van der Waals surface area contributed by atoms with Gasteiger partial charge in [-0.15, -0.1) is 0 Å². The summed E-state index contributed by atoms with van der Waals surface area (Å²) >= 11 is 0. The Morgan fingerprint density at radius 2 is 0.903 bits per heavy atom. The number of allylic oxidation sites excluding steroid dienone is 8. The summed E-state index contributed by atoms with van der Waals surface area (Å²) in [4.78, 5) is 37.0. The lowest BCUT2D eigenvalue weighted by Gasteiger charge is -2.34. The molecule has 0 N–H and O–H groups in total. The molecule has 0 saturated heterocycles. The van der Waals surface area contributed by atoms with Gasteiger partial charge in [-0.1, -0.05) is 204 Å². The Kier molecular flexibility index (Phi) is 42.9. The SMILES string of the molecule is CC/C=C/C/C=C/C/C=C/C/C=C/CCCCCC(=O)OC(COCCC(C(=O)[O-])[N+](C)(C)C)COC(=O)CCCCCCCCCCCCCCCCCCCCCCCC. The van der Waals surface area contributed by atoms with Crippen LogP contribution in [0.15, 0.2) is 48.6 Å². The van der Waals surface area contributed by atoms with Gasteiger partial charge in [0.15, 0.2) is 6.10 Å². The number of esters is 2. The molecule has 0 bridgehead atoms. The molecule has 0 amide bonds. The second kappa shape index (κ2) is 44.9. The van der Waals surface area contributed by atoms with Crippen molar-refractivity contribution in [2.75, 3.05) is 41.0 Å². The lowest BCUT2D eigenvalue weighted by atomic mass is 10.0. The second-order valence-electron chi connectivity index (χ2n) is 18.4. The van der Waals surface area contributed by atoms with Crippen LogP contribution in [0, 0.1) is 0 Å². The summed E-state index contributed by atoms with van der Waals surface area (Å²) in [6.45, 7) is 4.54. The fourth-order valence-electron chi connectivity index (χ4n) is 7.53. The van der Waals surface area contributed by atoms with Crippen LogP contribution in [0.3, 0.4) is 0 Å². The van der Waals surface area contributed by atoms with Gasteiger partial charge in [-0.25, -0.2) is 0 Å². The van der Waals surface area contributed by atoms with Crippen LogP contribution in [0.25, 0.3) is 0 Å². The van der Waals surface area contributed by atoms with Crippen molar-refractivity contribution in [2.45, 2.75) is 238 Å². The highest BCUT2D eigenvalue weighted by molar-refractivity contribution is 5.70. The molecule has 2 unspecified atom stereocenters. The van der Waals surface area contributed by atoms with Gasteiger partial charge in [-0.3, -0.25) is 9.59 Å². The zero-order valence-corrected chi connectivity index (χ0v) is 41.0. The third kappa shape index (κ3) is 42.6. The van der Waals surface area contributed by atoms with E-state index in [0.29, 0.717) is 6.42 Å². The van der Waals surface area contributed by atoms with Crippen molar-refractivity contribution in [3.63, 3.8) is 0 Å². The highest BCUT2D eigenvalue weighted by atomic mass is 16.6. The summed E-state index contributed by atoms with van der Waals surface area (Å²) < 4.78 is 17.2. The monoisotopic (exact) mass is 872 g/mol. The largest absolute Gasteiger partial charge is 0.544 e. The molecule has 0 aliphatic heterocycles. The molecule has 8 heteroatoms. The van der Waals surface area contributed by atoms with Crippen molar-refractivity contribution in [3.05, 3.63) is 48.6 Å². The highest BCUT2D eigenvalue weighted by Crippen LogP contribution is 2.16. The van der Waals surface area contributed by atoms with E-state index >= 15 is 0 Å². The van der Waals surface area contributed by atoms with E-state index in [-0.39, 0.29) is 49.1 Å². The standard InChI is InChI=1S/C54H97NO7/c1-6-8-10-12-14-16-18-20-22-24-25-26-27-28-29-31-32-34-36-38-40-42-44-52(56)61-49-50(48-60-47-46-51(54(58)59)55(3,4)5)62-53(57)45-43-41-39-37-35-33-30-23-21-19-17-15-13-11-9-7-2/h9,11,15,17,21,23,33,35,50-51H,6-8,10,12-14,16,18-20,22,24-32,34,36-49H2,1-5H3/b11-9+,17-15+,23-21+,35-33+. The topological polar surface area (TPSA) is 102 Å². The number of hydrogen-bond acceptors (Lipinski definition) is 7. The number of hydrogen-bond donors (Lipinski definition) is 0. The number of carboxylic acid groups (broad SMARTS) is 1. The average Bonchev–Trinajstić information content (AvgIpc) is 3.23. The maximum absolute atomic E-state index is 12.8. The lowest BCUT2D eigenvalue weighted by molar-refractivity contribution is -0.889. The minimum atomic E-state index is -1.13. The minimum Gasteiger partial charge on any atom is -0.544 e. The highest BCUT2D eigenvalue weighted by Gasteiger charge is 2.25. The predicted molar refractivity (Wildman–Crippen MR) is 259 cm³/mol. The molecule has 0 aromatic carbocycles. The van der Waals surface area contributed by atoms with E-state index in [1.54, 1.807) is 21.1 Å². The maximum atomic E-state index is 12.8. The molecule has 360 valence electrons. The van der Waals surface area contributed by atoms with Gasteiger partial charge in [0.1, 0.15) is 12.6 Å². The van der Waals surface area contributed by atoms with Gasteiger partial charge < -0.3 is 28.6 Å². The zero-order valence-electron chi connectivity index (χ0n) is 41.0. The summed E-state index contributed by atoms with van der Waals surface area (Å²) in [5.74, 6) is -1.77. The number of nitrogens with zero attached hydrogens (tertiary/aromatic N) is 1. The van der Waals surface area contributed by atoms with Crippen LogP contribution >= 0.6 is 0 Å². The van der Waals surface area contributed by atoms with Gasteiger partial charge in [0, 0.05) is 19.3 Å². The number of unbranched alkanes of at least 4 members (excludes halogenated alkanes) is 24. The Labute approximate surface area is 382 Å². The van der Waals surface area contributed by atoms with E-state index in [1.807, 2.05) is 0 Å². The predicted octanol–water partition coefficient (Wildman–Crippen LogP) is 13.4. The van der Waals surface area contributed by atoms with Crippen LogP contribution < -0.4 is 5.11 Å². The van der Waals surface area contributed by atoms with Gasteiger partial charge in [0.2, 0.25) is 0 Å². The molecule has 0 spiro atoms. The Bertz CT molecular complexity index is 1150. The Morgan fingerprint density at radius 3 is 1.34 bits per heavy atom. The summed E-state index contributed by atoms with van der Waals surface area (Å²) in [6.07, 6.45) is 54.4. The van der Waals surface area contributed by atoms with E-state index in [9.17, 15) is 19.5 Å². The first kappa shape index (κ1) is 59.3. The van der Waals surface area contributed by atoms with E-state index in [1.165, 1.54) is 122 Å². The first-order valence-electron chi connectivity index (χ1n) is 25.7. The van der Waals surface area contributed by atoms with Crippen molar-refractivity contribution in [3.8, 4) is 0 Å². The van der Waals surface area contributed by atoms with E-state index in [0.717, 1.165) is 70.6 Å². The second-order valence-corrected chi connectivity index (χ2v) is 18.4. The Hall–Kier alpha value is -2.71. The number of ether oxygens (including phenoxy) is 3. The Balaban J connectivity index is 4.23. The normalized spacial score (nSPS) is 13.2. The molecule has 0 rings (SSSR count). The van der Waals surface area contributed by atoms with Crippen LogP contribution in [-0.4, -0.2) is 75.5 Å². The molecular weight excluding hydrogens is 775 g/mol. The smallest absolute Gasteiger partial charge is 0.306 e. The van der Waals surface area contributed by atoms with Crippen molar-refractivity contribution in [2.24, 2.45) is 0 Å². The molecule has 0 radical (unpaired) electrons. The summed E-state index contributed by atoms with van der Waals surface area (Å²) in [5.41, 5.74) is 0. The summed E-state index contributed by atoms with van der Waals surface area (Å²) in [6, 6.07) is -0.732. The van der Waals surface area contributed by atoms with E-state index in [2.05, 4.69) is 62.5 Å². The average molecular weight is 872 g/mol. The van der Waals surface area contributed by atoms with Crippen molar-refractivity contribution < 1.29 is 38.2 Å². The molecular formula is C54H97NO7. The van der Waals surface area contributed by atoms with Gasteiger partial charge in [0.25, 0.3) is 0 Å². The van der Waals surface area contributed by atoms with Crippen LogP contribution in [-0.2, 0) is 28.6 Å². The lowest BCUT2D eigenvalue weighted by Crippen LogP contribution is -2.55. The summed E-state index contributed by atoms with van der Waals surface area (Å²) in [5, 5.41) is 11.7. The number of quaternary nitrogens is 1. The Morgan fingerprint density at radius 1 is 0.500 bits per heavy atom. The molecule has 62 heavy (non-hydrogen) atoms. The fraction of sp³-hybridized carbons (Fsp3) is 0.796. The first-order chi connectivity index (χ1) is 30.1. The molecule has 2 atom stereocenters. The van der Waals surface area contributed by atoms with E-state index < -0.39 is 18.1 Å². The van der Waals surface area contributed by atoms with Crippen LogP contribution in [0.1, 0.15) is 226 Å². The quantitative estimate of drug-likeness (QED) is 0.0260. The number of carbonyl (C=O) groups excluding carboxylic acids is 3. The summed E-state index contributed by atoms with van der Waals surface area (Å²) in [7, 11) is 5.40. The van der Waals surface area contributed by atoms with Crippen molar-refractivity contribution in [1.82, 2.24) is 0 Å². The molecule has 0 heterocycles. The van der Waals surface area contributed by atoms with Crippen molar-refractivity contribution >= 4 is 17.9 Å². The number of likely N-dealkylation sites (N-methyl/N-ethyl adjacent to an activating group) is 1. The number of carbonyl (C=O) groups is 3. The molecule has 0 aromatic rings. The van der Waals surface area contributed by atoms with Crippen LogP contribution in [0.2, 0.25) is 0 Å². The third-order valence-corrected chi connectivity index (χ3v) is 11.5. The van der Waals surface area contributed by atoms with Gasteiger partial charge in [0.05, 0.1) is 40.3 Å². The minimum absolute atomic E-state index is 0.0289. The number of rotatable bonds is 46. The fourth-order valence-corrected chi connectivity index (χ4v) is 7.53. The molecule has 8 nitrogen and oxygen atoms in total. The van der Waals surface area contributed by atoms with Crippen LogP contribution in [0.5, 0.6) is 0 Å². The van der Waals surface area contributed by atoms with E-state index in [4.69, 9.17) is 14.2 Å². The van der Waals surface area contributed by atoms with Gasteiger partial charge >= 0.3 is 11.9 Å². The molecule has 0 aliphatic carbocycles.